The van der Waals surface area contributed by atoms with Crippen LogP contribution in [0.25, 0.3) is 0 Å². The smallest absolute Gasteiger partial charge is 0.273 e. The maximum atomic E-state index is 13.0. The van der Waals surface area contributed by atoms with E-state index in [2.05, 4.69) is 15.8 Å². The Balaban J connectivity index is 1.78. The molecule has 0 saturated carbocycles. The Morgan fingerprint density at radius 2 is 1.49 bits per heavy atom. The fourth-order valence-electron chi connectivity index (χ4n) is 3.20. The van der Waals surface area contributed by atoms with Gasteiger partial charge in [-0.25, -0.2) is 5.43 Å². The lowest BCUT2D eigenvalue weighted by atomic mass is 10.1. The van der Waals surface area contributed by atoms with E-state index < -0.39 is 11.8 Å². The molecule has 2 amide bonds. The number of carbonyl (C=O) groups excluding carboxylic acids is 2. The fourth-order valence-corrected chi connectivity index (χ4v) is 3.20. The molecule has 0 fully saturated rings. The second-order valence-electron chi connectivity index (χ2n) is 7.04. The molecule has 0 atom stereocenters. The summed E-state index contributed by atoms with van der Waals surface area (Å²) in [6.45, 7) is 0. The minimum atomic E-state index is -0.534. The van der Waals surface area contributed by atoms with Crippen LogP contribution in [0.1, 0.15) is 26.3 Å². The molecule has 3 rings (SSSR count). The Morgan fingerprint density at radius 1 is 0.829 bits per heavy atom. The van der Waals surface area contributed by atoms with Crippen molar-refractivity contribution in [2.24, 2.45) is 5.10 Å². The third kappa shape index (κ3) is 5.80. The molecule has 0 heterocycles. The number of phenolic OH excluding ortho intramolecular Hbond substituents is 1. The molecule has 182 valence electrons. The molecular weight excluding hydrogens is 454 g/mol. The Bertz CT molecular complexity index is 1230. The van der Waals surface area contributed by atoms with Gasteiger partial charge in [0.2, 0.25) is 5.75 Å². The van der Waals surface area contributed by atoms with Crippen LogP contribution in [0.15, 0.2) is 59.7 Å². The summed E-state index contributed by atoms with van der Waals surface area (Å²) in [5.74, 6) is 0.254. The first-order valence-electron chi connectivity index (χ1n) is 10.3. The standard InChI is InChI=1S/C25H25N3O7/c1-32-20-11-15(9-10-19(20)29)14-26-28-25(31)17-7-5-6-8-18(17)27-24(30)16-12-21(33-2)23(35-4)22(13-16)34-3/h5-14,29H,1-4H3,(H,27,30)(H,28,31)/b26-14-. The highest BCUT2D eigenvalue weighted by Gasteiger charge is 2.19. The molecule has 0 spiro atoms. The zero-order valence-corrected chi connectivity index (χ0v) is 19.6. The summed E-state index contributed by atoms with van der Waals surface area (Å²) in [4.78, 5) is 25.7. The lowest BCUT2D eigenvalue weighted by Crippen LogP contribution is -2.21. The van der Waals surface area contributed by atoms with Crippen molar-refractivity contribution >= 4 is 23.7 Å². The van der Waals surface area contributed by atoms with Crippen LogP contribution in [0.5, 0.6) is 28.7 Å². The Kier molecular flexibility index (Phi) is 8.12. The maximum Gasteiger partial charge on any atom is 0.273 e. The number of benzene rings is 3. The highest BCUT2D eigenvalue weighted by molar-refractivity contribution is 6.09. The van der Waals surface area contributed by atoms with Crippen molar-refractivity contribution in [1.82, 2.24) is 5.43 Å². The van der Waals surface area contributed by atoms with Crippen LogP contribution in [0.2, 0.25) is 0 Å². The number of para-hydroxylation sites is 1. The van der Waals surface area contributed by atoms with Gasteiger partial charge in [-0.2, -0.15) is 5.10 Å². The summed E-state index contributed by atoms with van der Waals surface area (Å²) >= 11 is 0. The largest absolute Gasteiger partial charge is 0.504 e. The number of ether oxygens (including phenoxy) is 4. The highest BCUT2D eigenvalue weighted by atomic mass is 16.5. The lowest BCUT2D eigenvalue weighted by molar-refractivity contribution is 0.0956. The molecule has 0 aliphatic carbocycles. The highest BCUT2D eigenvalue weighted by Crippen LogP contribution is 2.38. The molecule has 0 unspecified atom stereocenters. The van der Waals surface area contributed by atoms with Crippen molar-refractivity contribution in [2.75, 3.05) is 33.8 Å². The van der Waals surface area contributed by atoms with E-state index in [4.69, 9.17) is 18.9 Å². The van der Waals surface area contributed by atoms with Crippen molar-refractivity contribution in [3.8, 4) is 28.7 Å². The number of hydrazone groups is 1. The normalized spacial score (nSPS) is 10.5. The average Bonchev–Trinajstić information content (AvgIpc) is 2.88. The van der Waals surface area contributed by atoms with E-state index >= 15 is 0 Å². The predicted octanol–water partition coefficient (Wildman–Crippen LogP) is 3.44. The SMILES string of the molecule is COc1cc(/C=N\NC(=O)c2ccccc2NC(=O)c2cc(OC)c(OC)c(OC)c2)ccc1O. The number of aromatic hydroxyl groups is 1. The van der Waals surface area contributed by atoms with Crippen LogP contribution >= 0.6 is 0 Å². The van der Waals surface area contributed by atoms with E-state index in [0.29, 0.717) is 22.8 Å². The summed E-state index contributed by atoms with van der Waals surface area (Å²) in [5, 5.41) is 16.3. The van der Waals surface area contributed by atoms with Crippen LogP contribution in [-0.4, -0.2) is 51.6 Å². The van der Waals surface area contributed by atoms with Crippen LogP contribution in [-0.2, 0) is 0 Å². The maximum absolute atomic E-state index is 13.0. The molecule has 0 radical (unpaired) electrons. The first kappa shape index (κ1) is 24.9. The fraction of sp³-hybridized carbons (Fsp3) is 0.160. The Morgan fingerprint density at radius 3 is 2.11 bits per heavy atom. The number of nitrogens with one attached hydrogen (secondary N) is 2. The number of hydrogen-bond acceptors (Lipinski definition) is 8. The Hall–Kier alpha value is -4.73. The van der Waals surface area contributed by atoms with E-state index in [1.54, 1.807) is 36.4 Å². The summed E-state index contributed by atoms with van der Waals surface area (Å²) in [5.41, 5.74) is 3.75. The molecule has 3 aromatic rings. The minimum Gasteiger partial charge on any atom is -0.504 e. The van der Waals surface area contributed by atoms with Crippen LogP contribution in [0.3, 0.4) is 0 Å². The van der Waals surface area contributed by atoms with Crippen LogP contribution in [0, 0.1) is 0 Å². The lowest BCUT2D eigenvalue weighted by Gasteiger charge is -2.15. The van der Waals surface area contributed by atoms with Gasteiger partial charge in [0, 0.05) is 5.56 Å². The quantitative estimate of drug-likeness (QED) is 0.317. The van der Waals surface area contributed by atoms with E-state index in [1.165, 1.54) is 52.9 Å². The molecule has 10 nitrogen and oxygen atoms in total. The first-order valence-corrected chi connectivity index (χ1v) is 10.3. The van der Waals surface area contributed by atoms with E-state index in [9.17, 15) is 14.7 Å². The molecule has 35 heavy (non-hydrogen) atoms. The molecule has 0 saturated heterocycles. The number of phenols is 1. The van der Waals surface area contributed by atoms with E-state index in [0.717, 1.165) is 0 Å². The second kappa shape index (κ2) is 11.4. The third-order valence-corrected chi connectivity index (χ3v) is 4.93. The van der Waals surface area contributed by atoms with Gasteiger partial charge in [0.1, 0.15) is 0 Å². The van der Waals surface area contributed by atoms with Gasteiger partial charge >= 0.3 is 0 Å². The van der Waals surface area contributed by atoms with E-state index in [1.807, 2.05) is 0 Å². The van der Waals surface area contributed by atoms with Gasteiger partial charge in [-0.05, 0) is 48.0 Å². The van der Waals surface area contributed by atoms with E-state index in [-0.39, 0.29) is 28.3 Å². The van der Waals surface area contributed by atoms with Crippen LogP contribution in [0.4, 0.5) is 5.69 Å². The number of hydrogen-bond donors (Lipinski definition) is 3. The average molecular weight is 479 g/mol. The third-order valence-electron chi connectivity index (χ3n) is 4.93. The molecule has 0 aliphatic heterocycles. The molecule has 10 heteroatoms. The number of rotatable bonds is 9. The molecule has 0 aliphatic rings. The molecule has 0 bridgehead atoms. The summed E-state index contributed by atoms with van der Waals surface area (Å²) in [6, 6.07) is 14.2. The minimum absolute atomic E-state index is 0.00884. The number of carbonyl (C=O) groups is 2. The summed E-state index contributed by atoms with van der Waals surface area (Å²) in [6.07, 6.45) is 1.40. The Labute approximate surface area is 202 Å². The molecular formula is C25H25N3O7. The van der Waals surface area contributed by atoms with Gasteiger partial charge in [0.15, 0.2) is 23.0 Å². The number of anilines is 1. The number of methoxy groups -OCH3 is 4. The van der Waals surface area contributed by atoms with Crippen molar-refractivity contribution in [3.63, 3.8) is 0 Å². The number of nitrogens with zero attached hydrogens (tertiary/aromatic N) is 1. The number of amides is 2. The van der Waals surface area contributed by atoms with Gasteiger partial charge in [-0.15, -0.1) is 0 Å². The van der Waals surface area contributed by atoms with Gasteiger partial charge in [-0.1, -0.05) is 12.1 Å². The monoisotopic (exact) mass is 479 g/mol. The van der Waals surface area contributed by atoms with Gasteiger partial charge in [0.25, 0.3) is 11.8 Å². The van der Waals surface area contributed by atoms with Crippen LogP contribution < -0.4 is 29.7 Å². The van der Waals surface area contributed by atoms with Crippen molar-refractivity contribution in [1.29, 1.82) is 0 Å². The van der Waals surface area contributed by atoms with Crippen molar-refractivity contribution in [2.45, 2.75) is 0 Å². The van der Waals surface area contributed by atoms with Crippen molar-refractivity contribution in [3.05, 3.63) is 71.3 Å². The summed E-state index contributed by atoms with van der Waals surface area (Å²) < 4.78 is 20.9. The second-order valence-corrected chi connectivity index (χ2v) is 7.04. The van der Waals surface area contributed by atoms with Gasteiger partial charge in [0.05, 0.1) is 45.9 Å². The van der Waals surface area contributed by atoms with Gasteiger partial charge < -0.3 is 29.4 Å². The van der Waals surface area contributed by atoms with Gasteiger partial charge in [-0.3, -0.25) is 9.59 Å². The summed E-state index contributed by atoms with van der Waals surface area (Å²) in [7, 11) is 5.80. The molecule has 0 aromatic heterocycles. The zero-order chi connectivity index (χ0) is 25.4. The molecule has 3 aromatic carbocycles. The first-order chi connectivity index (χ1) is 16.9. The topological polar surface area (TPSA) is 128 Å². The molecule has 3 N–H and O–H groups in total. The van der Waals surface area contributed by atoms with Crippen molar-refractivity contribution < 1.29 is 33.6 Å². The zero-order valence-electron chi connectivity index (χ0n) is 19.6. The predicted molar refractivity (Wildman–Crippen MR) is 130 cm³/mol.